The Balaban J connectivity index is 1.90. The lowest BCUT2D eigenvalue weighted by Gasteiger charge is -2.47. The molecule has 3 unspecified atom stereocenters. The molecule has 138 valence electrons. The SMILES string of the molecule is CCOOCC1C(=O)CC2CCCC1N2S(=O)(=O)c1ccc(Cl)cc1. The van der Waals surface area contributed by atoms with Gasteiger partial charge in [-0.3, -0.25) is 4.79 Å². The molecule has 1 aromatic carbocycles. The third kappa shape index (κ3) is 3.75. The first kappa shape index (κ1) is 18.8. The largest absolute Gasteiger partial charge is 0.299 e. The lowest BCUT2D eigenvalue weighted by atomic mass is 9.79. The van der Waals surface area contributed by atoms with Gasteiger partial charge < -0.3 is 0 Å². The van der Waals surface area contributed by atoms with E-state index < -0.39 is 15.9 Å². The van der Waals surface area contributed by atoms with Crippen molar-refractivity contribution in [2.45, 2.75) is 49.6 Å². The highest BCUT2D eigenvalue weighted by Gasteiger charge is 2.49. The van der Waals surface area contributed by atoms with Crippen LogP contribution in [0.1, 0.15) is 32.6 Å². The van der Waals surface area contributed by atoms with Crippen LogP contribution < -0.4 is 0 Å². The lowest BCUT2D eigenvalue weighted by Crippen LogP contribution is -2.60. The van der Waals surface area contributed by atoms with E-state index in [1.165, 1.54) is 16.4 Å². The molecule has 0 N–H and O–H groups in total. The number of fused-ring (bicyclic) bond motifs is 2. The number of rotatable bonds is 6. The van der Waals surface area contributed by atoms with Crippen LogP contribution in [0.15, 0.2) is 29.2 Å². The number of ketones is 1. The molecular formula is C17H22ClNO5S. The van der Waals surface area contributed by atoms with Crippen molar-refractivity contribution in [2.24, 2.45) is 5.92 Å². The second-order valence-electron chi connectivity index (χ2n) is 6.41. The van der Waals surface area contributed by atoms with Crippen LogP contribution in [0.3, 0.4) is 0 Å². The van der Waals surface area contributed by atoms with E-state index >= 15 is 0 Å². The smallest absolute Gasteiger partial charge is 0.243 e. The predicted octanol–water partition coefficient (Wildman–Crippen LogP) is 2.81. The van der Waals surface area contributed by atoms with Gasteiger partial charge in [0.2, 0.25) is 10.0 Å². The number of sulfonamides is 1. The van der Waals surface area contributed by atoms with Crippen LogP contribution in [-0.4, -0.2) is 43.8 Å². The van der Waals surface area contributed by atoms with Gasteiger partial charge in [-0.05, 0) is 44.0 Å². The van der Waals surface area contributed by atoms with Crippen LogP contribution in [0.2, 0.25) is 5.02 Å². The zero-order valence-electron chi connectivity index (χ0n) is 14.1. The van der Waals surface area contributed by atoms with E-state index in [-0.39, 0.29) is 35.8 Å². The van der Waals surface area contributed by atoms with Crippen LogP contribution in [0, 0.1) is 5.92 Å². The summed E-state index contributed by atoms with van der Waals surface area (Å²) in [6.07, 6.45) is 2.48. The van der Waals surface area contributed by atoms with E-state index in [4.69, 9.17) is 21.4 Å². The van der Waals surface area contributed by atoms with Crippen LogP contribution in [0.25, 0.3) is 0 Å². The van der Waals surface area contributed by atoms with Gasteiger partial charge in [-0.15, -0.1) is 0 Å². The molecule has 0 amide bonds. The Labute approximate surface area is 153 Å². The Morgan fingerprint density at radius 3 is 2.60 bits per heavy atom. The highest BCUT2D eigenvalue weighted by molar-refractivity contribution is 7.89. The van der Waals surface area contributed by atoms with E-state index in [1.807, 2.05) is 0 Å². The van der Waals surface area contributed by atoms with Crippen molar-refractivity contribution in [3.63, 3.8) is 0 Å². The van der Waals surface area contributed by atoms with E-state index in [9.17, 15) is 13.2 Å². The zero-order valence-corrected chi connectivity index (χ0v) is 15.6. The summed E-state index contributed by atoms with van der Waals surface area (Å²) in [4.78, 5) is 22.7. The molecule has 1 aromatic rings. The first-order valence-electron chi connectivity index (χ1n) is 8.51. The maximum atomic E-state index is 13.2. The summed E-state index contributed by atoms with van der Waals surface area (Å²) in [6, 6.07) is 5.48. The van der Waals surface area contributed by atoms with Crippen LogP contribution in [0.4, 0.5) is 0 Å². The summed E-state index contributed by atoms with van der Waals surface area (Å²) < 4.78 is 27.9. The zero-order chi connectivity index (χ0) is 18.0. The molecule has 2 saturated heterocycles. The van der Waals surface area contributed by atoms with E-state index in [2.05, 4.69) is 0 Å². The number of carbonyl (C=O) groups excluding carboxylic acids is 1. The topological polar surface area (TPSA) is 72.9 Å². The quantitative estimate of drug-likeness (QED) is 0.426. The molecule has 3 atom stereocenters. The molecule has 2 aliphatic heterocycles. The summed E-state index contributed by atoms with van der Waals surface area (Å²) in [5.41, 5.74) is 0. The highest BCUT2D eigenvalue weighted by Crippen LogP contribution is 2.39. The fourth-order valence-corrected chi connectivity index (χ4v) is 5.80. The van der Waals surface area contributed by atoms with Crippen LogP contribution >= 0.6 is 11.6 Å². The van der Waals surface area contributed by atoms with Crippen molar-refractivity contribution in [2.75, 3.05) is 13.2 Å². The van der Waals surface area contributed by atoms with Gasteiger partial charge in [0, 0.05) is 23.5 Å². The summed E-state index contributed by atoms with van der Waals surface area (Å²) >= 11 is 5.87. The molecule has 0 aliphatic carbocycles. The minimum absolute atomic E-state index is 0.0527. The average molecular weight is 388 g/mol. The van der Waals surface area contributed by atoms with Crippen LogP contribution in [0.5, 0.6) is 0 Å². The van der Waals surface area contributed by atoms with E-state index in [0.29, 0.717) is 24.5 Å². The summed E-state index contributed by atoms with van der Waals surface area (Å²) in [5, 5.41) is 0.482. The Kier molecular flexibility index (Phi) is 5.80. The van der Waals surface area contributed by atoms with Gasteiger partial charge in [0.15, 0.2) is 0 Å². The summed E-state index contributed by atoms with van der Waals surface area (Å²) in [6.45, 7) is 2.24. The number of hydrogen-bond acceptors (Lipinski definition) is 5. The number of Topliss-reactive ketones (excluding diaryl/α,β-unsaturated/α-hetero) is 1. The van der Waals surface area contributed by atoms with Crippen LogP contribution in [-0.2, 0) is 24.6 Å². The minimum Gasteiger partial charge on any atom is -0.299 e. The Hall–Kier alpha value is -0.990. The molecule has 2 bridgehead atoms. The van der Waals surface area contributed by atoms with E-state index in [0.717, 1.165) is 6.42 Å². The fraction of sp³-hybridized carbons (Fsp3) is 0.588. The molecule has 0 spiro atoms. The average Bonchev–Trinajstić information content (AvgIpc) is 2.58. The molecule has 3 rings (SSSR count). The lowest BCUT2D eigenvalue weighted by molar-refractivity contribution is -0.299. The standard InChI is InChI=1S/C17H22ClNO5S/c1-2-23-24-11-15-16-5-3-4-13(10-17(15)20)19(16)25(21,22)14-8-6-12(18)7-9-14/h6-9,13,15-16H,2-5,10-11H2,1H3. The molecular weight excluding hydrogens is 366 g/mol. The van der Waals surface area contributed by atoms with Crippen molar-refractivity contribution in [3.8, 4) is 0 Å². The first-order chi connectivity index (χ1) is 11.9. The van der Waals surface area contributed by atoms with Crippen molar-refractivity contribution >= 4 is 27.4 Å². The Morgan fingerprint density at radius 2 is 1.92 bits per heavy atom. The molecule has 2 fully saturated rings. The van der Waals surface area contributed by atoms with Crippen molar-refractivity contribution in [1.29, 1.82) is 0 Å². The Morgan fingerprint density at radius 1 is 1.20 bits per heavy atom. The van der Waals surface area contributed by atoms with Crippen molar-refractivity contribution < 1.29 is 23.0 Å². The third-order valence-corrected chi connectivity index (χ3v) is 7.12. The maximum Gasteiger partial charge on any atom is 0.243 e. The molecule has 0 aromatic heterocycles. The number of nitrogens with zero attached hydrogens (tertiary/aromatic N) is 1. The second kappa shape index (κ2) is 7.72. The van der Waals surface area contributed by atoms with Gasteiger partial charge in [0.05, 0.1) is 24.0 Å². The minimum atomic E-state index is -3.70. The van der Waals surface area contributed by atoms with Gasteiger partial charge in [-0.2, -0.15) is 4.31 Å². The summed E-state index contributed by atoms with van der Waals surface area (Å²) in [7, 11) is -3.70. The molecule has 2 heterocycles. The molecule has 6 nitrogen and oxygen atoms in total. The number of hydrogen-bond donors (Lipinski definition) is 0. The van der Waals surface area contributed by atoms with Gasteiger partial charge in [-0.25, -0.2) is 18.2 Å². The Bertz CT molecular complexity index is 721. The summed E-state index contributed by atoms with van der Waals surface area (Å²) in [5.74, 6) is -0.442. The predicted molar refractivity (Wildman–Crippen MR) is 92.6 cm³/mol. The maximum absolute atomic E-state index is 13.2. The second-order valence-corrected chi connectivity index (χ2v) is 8.69. The molecule has 2 aliphatic rings. The molecule has 0 radical (unpaired) electrons. The molecule has 0 saturated carbocycles. The van der Waals surface area contributed by atoms with E-state index in [1.54, 1.807) is 19.1 Å². The monoisotopic (exact) mass is 387 g/mol. The fourth-order valence-electron chi connectivity index (χ4n) is 3.77. The number of benzene rings is 1. The molecule has 8 heteroatoms. The molecule has 25 heavy (non-hydrogen) atoms. The van der Waals surface area contributed by atoms with Crippen molar-refractivity contribution in [1.82, 2.24) is 4.31 Å². The van der Waals surface area contributed by atoms with Gasteiger partial charge in [0.1, 0.15) is 5.78 Å². The third-order valence-electron chi connectivity index (χ3n) is 4.88. The first-order valence-corrected chi connectivity index (χ1v) is 10.3. The number of carbonyl (C=O) groups is 1. The highest BCUT2D eigenvalue weighted by atomic mass is 35.5. The number of piperidine rings is 2. The van der Waals surface area contributed by atoms with Gasteiger partial charge in [-0.1, -0.05) is 18.0 Å². The normalized spacial score (nSPS) is 27.4. The van der Waals surface area contributed by atoms with Gasteiger partial charge in [0.25, 0.3) is 0 Å². The number of halogens is 1. The van der Waals surface area contributed by atoms with Crippen molar-refractivity contribution in [3.05, 3.63) is 29.3 Å². The van der Waals surface area contributed by atoms with Gasteiger partial charge >= 0.3 is 0 Å².